The summed E-state index contributed by atoms with van der Waals surface area (Å²) in [5, 5.41) is 1.91. The Morgan fingerprint density at radius 2 is 2.06 bits per heavy atom. The van der Waals surface area contributed by atoms with Crippen molar-refractivity contribution >= 4 is 17.2 Å². The molecule has 4 heteroatoms. The first-order valence-corrected chi connectivity index (χ1v) is 7.18. The average molecular weight is 264 g/mol. The quantitative estimate of drug-likeness (QED) is 0.830. The zero-order chi connectivity index (χ0) is 13.4. The summed E-state index contributed by atoms with van der Waals surface area (Å²) in [6.45, 7) is 6.08. The van der Waals surface area contributed by atoms with Crippen LogP contribution in [-0.4, -0.2) is 30.4 Å². The van der Waals surface area contributed by atoms with E-state index < -0.39 is 0 Å². The van der Waals surface area contributed by atoms with Crippen molar-refractivity contribution in [1.29, 1.82) is 0 Å². The Balaban J connectivity index is 2.90. The second-order valence-electron chi connectivity index (χ2n) is 3.96. The van der Waals surface area contributed by atoms with Crippen molar-refractivity contribution in [3.63, 3.8) is 0 Å². The van der Waals surface area contributed by atoms with Crippen molar-refractivity contribution in [3.8, 4) is 11.8 Å². The van der Waals surface area contributed by atoms with Gasteiger partial charge in [0.05, 0.1) is 6.54 Å². The van der Waals surface area contributed by atoms with Crippen molar-refractivity contribution in [2.45, 2.75) is 26.7 Å². The highest BCUT2D eigenvalue weighted by atomic mass is 32.1. The molecular weight excluding hydrogens is 244 g/mol. The van der Waals surface area contributed by atoms with Crippen molar-refractivity contribution in [2.75, 3.05) is 19.6 Å². The van der Waals surface area contributed by atoms with E-state index in [1.807, 2.05) is 16.3 Å². The zero-order valence-electron chi connectivity index (χ0n) is 11.0. The second kappa shape index (κ2) is 7.91. The minimum atomic E-state index is 0.0926. The van der Waals surface area contributed by atoms with E-state index in [0.717, 1.165) is 36.4 Å². The third-order valence-electron chi connectivity index (χ3n) is 2.46. The Bertz CT molecular complexity index is 436. The third kappa shape index (κ3) is 3.86. The number of hydrogen-bond donors (Lipinski definition) is 1. The Labute approximate surface area is 113 Å². The molecule has 0 aliphatic heterocycles. The molecule has 0 aliphatic carbocycles. The summed E-state index contributed by atoms with van der Waals surface area (Å²) in [4.78, 5) is 15.0. The first-order chi connectivity index (χ1) is 8.74. The maximum atomic E-state index is 12.4. The van der Waals surface area contributed by atoms with E-state index in [9.17, 15) is 4.79 Å². The van der Waals surface area contributed by atoms with Crippen LogP contribution in [0, 0.1) is 11.8 Å². The van der Waals surface area contributed by atoms with Gasteiger partial charge in [0.1, 0.15) is 4.88 Å². The summed E-state index contributed by atoms with van der Waals surface area (Å²) in [6.07, 6.45) is 1.95. The first kappa shape index (κ1) is 14.7. The van der Waals surface area contributed by atoms with Crippen LogP contribution in [0.15, 0.2) is 11.4 Å². The molecule has 98 valence electrons. The molecule has 0 saturated heterocycles. The smallest absolute Gasteiger partial charge is 0.265 e. The first-order valence-electron chi connectivity index (χ1n) is 6.30. The van der Waals surface area contributed by atoms with Gasteiger partial charge in [-0.3, -0.25) is 4.79 Å². The van der Waals surface area contributed by atoms with Gasteiger partial charge in [0, 0.05) is 18.7 Å². The van der Waals surface area contributed by atoms with E-state index in [1.165, 1.54) is 11.3 Å². The number of amides is 1. The molecule has 1 heterocycles. The van der Waals surface area contributed by atoms with Crippen LogP contribution in [0.25, 0.3) is 0 Å². The molecule has 0 fully saturated rings. The number of nitrogens with two attached hydrogens (primary N) is 1. The molecule has 18 heavy (non-hydrogen) atoms. The zero-order valence-corrected chi connectivity index (χ0v) is 11.8. The molecule has 1 aromatic heterocycles. The van der Waals surface area contributed by atoms with E-state index in [2.05, 4.69) is 25.7 Å². The number of hydrogen-bond acceptors (Lipinski definition) is 3. The Morgan fingerprint density at radius 1 is 1.39 bits per heavy atom. The fraction of sp³-hybridized carbons (Fsp3) is 0.500. The van der Waals surface area contributed by atoms with E-state index in [4.69, 9.17) is 5.73 Å². The van der Waals surface area contributed by atoms with Gasteiger partial charge < -0.3 is 10.6 Å². The summed E-state index contributed by atoms with van der Waals surface area (Å²) in [5.74, 6) is 5.86. The topological polar surface area (TPSA) is 46.3 Å². The maximum Gasteiger partial charge on any atom is 0.265 e. The molecule has 0 spiro atoms. The highest BCUT2D eigenvalue weighted by molar-refractivity contribution is 7.12. The molecule has 1 amide bonds. The van der Waals surface area contributed by atoms with Gasteiger partial charge >= 0.3 is 0 Å². The fourth-order valence-electron chi connectivity index (χ4n) is 1.72. The molecule has 1 rings (SSSR count). The van der Waals surface area contributed by atoms with Crippen LogP contribution in [0.5, 0.6) is 0 Å². The van der Waals surface area contributed by atoms with Crippen molar-refractivity contribution in [1.82, 2.24) is 4.90 Å². The van der Waals surface area contributed by atoms with E-state index in [0.29, 0.717) is 6.54 Å². The summed E-state index contributed by atoms with van der Waals surface area (Å²) in [5.41, 5.74) is 6.16. The summed E-state index contributed by atoms with van der Waals surface area (Å²) >= 11 is 1.45. The molecule has 0 aliphatic rings. The Morgan fingerprint density at radius 3 is 2.61 bits per heavy atom. The van der Waals surface area contributed by atoms with Crippen molar-refractivity contribution in [3.05, 3.63) is 21.9 Å². The van der Waals surface area contributed by atoms with Gasteiger partial charge in [-0.2, -0.15) is 0 Å². The molecule has 2 N–H and O–H groups in total. The standard InChI is InChI=1S/C14H20N2OS/c1-3-9-16(10-4-2)14(17)13-12(6-5-8-15)7-11-18-13/h7,11H,3-4,8-10,15H2,1-2H3. The van der Waals surface area contributed by atoms with E-state index in [1.54, 1.807) is 0 Å². The van der Waals surface area contributed by atoms with Crippen LogP contribution in [0.3, 0.4) is 0 Å². The molecule has 0 aromatic carbocycles. The molecule has 1 aromatic rings. The highest BCUT2D eigenvalue weighted by Gasteiger charge is 2.18. The lowest BCUT2D eigenvalue weighted by molar-refractivity contribution is 0.0760. The monoisotopic (exact) mass is 264 g/mol. The lowest BCUT2D eigenvalue weighted by Gasteiger charge is -2.20. The molecular formula is C14H20N2OS. The predicted molar refractivity (Wildman–Crippen MR) is 76.7 cm³/mol. The Kier molecular flexibility index (Phi) is 6.48. The third-order valence-corrected chi connectivity index (χ3v) is 3.36. The van der Waals surface area contributed by atoms with Gasteiger partial charge in [-0.15, -0.1) is 11.3 Å². The van der Waals surface area contributed by atoms with Gasteiger partial charge in [0.25, 0.3) is 5.91 Å². The van der Waals surface area contributed by atoms with Crippen LogP contribution < -0.4 is 5.73 Å². The normalized spacial score (nSPS) is 9.72. The summed E-state index contributed by atoms with van der Waals surface area (Å²) in [6, 6.07) is 1.89. The number of carbonyl (C=O) groups is 1. The Hall–Kier alpha value is -1.31. The molecule has 0 atom stereocenters. The van der Waals surface area contributed by atoms with Crippen molar-refractivity contribution < 1.29 is 4.79 Å². The average Bonchev–Trinajstić information content (AvgIpc) is 2.83. The minimum Gasteiger partial charge on any atom is -0.338 e. The summed E-state index contributed by atoms with van der Waals surface area (Å²) in [7, 11) is 0. The molecule has 3 nitrogen and oxygen atoms in total. The van der Waals surface area contributed by atoms with Crippen molar-refractivity contribution in [2.24, 2.45) is 5.73 Å². The second-order valence-corrected chi connectivity index (χ2v) is 4.88. The number of carbonyl (C=O) groups excluding carboxylic acids is 1. The maximum absolute atomic E-state index is 12.4. The number of rotatable bonds is 5. The molecule has 0 radical (unpaired) electrons. The minimum absolute atomic E-state index is 0.0926. The molecule has 0 unspecified atom stereocenters. The fourth-order valence-corrected chi connectivity index (χ4v) is 2.53. The SMILES string of the molecule is CCCN(CCC)C(=O)c1sccc1C#CCN. The van der Waals surface area contributed by atoms with Gasteiger partial charge in [0.15, 0.2) is 0 Å². The molecule has 0 bridgehead atoms. The highest BCUT2D eigenvalue weighted by Crippen LogP contribution is 2.18. The number of nitrogens with zero attached hydrogens (tertiary/aromatic N) is 1. The van der Waals surface area contributed by atoms with Crippen LogP contribution in [-0.2, 0) is 0 Å². The summed E-state index contributed by atoms with van der Waals surface area (Å²) < 4.78 is 0. The predicted octanol–water partition coefficient (Wildman–Crippen LogP) is 2.32. The van der Waals surface area contributed by atoms with Crippen LogP contribution in [0.4, 0.5) is 0 Å². The largest absolute Gasteiger partial charge is 0.338 e. The van der Waals surface area contributed by atoms with Gasteiger partial charge in [-0.25, -0.2) is 0 Å². The van der Waals surface area contributed by atoms with Crippen LogP contribution >= 0.6 is 11.3 Å². The van der Waals surface area contributed by atoms with E-state index >= 15 is 0 Å². The van der Waals surface area contributed by atoms with Gasteiger partial charge in [0.2, 0.25) is 0 Å². The lowest BCUT2D eigenvalue weighted by atomic mass is 10.2. The molecule has 0 saturated carbocycles. The number of thiophene rings is 1. The van der Waals surface area contributed by atoms with Gasteiger partial charge in [-0.1, -0.05) is 25.7 Å². The van der Waals surface area contributed by atoms with E-state index in [-0.39, 0.29) is 5.91 Å². The van der Waals surface area contributed by atoms with Crippen LogP contribution in [0.2, 0.25) is 0 Å². The lowest BCUT2D eigenvalue weighted by Crippen LogP contribution is -2.32. The van der Waals surface area contributed by atoms with Gasteiger partial charge in [-0.05, 0) is 24.3 Å². The van der Waals surface area contributed by atoms with Crippen LogP contribution in [0.1, 0.15) is 41.9 Å².